The number of pyridine rings is 1. The molecule has 160 valence electrons. The molecule has 1 amide bonds. The number of nitrogens with one attached hydrogen (secondary N) is 1. The third-order valence-electron chi connectivity index (χ3n) is 5.48. The quantitative estimate of drug-likeness (QED) is 0.566. The van der Waals surface area contributed by atoms with E-state index in [2.05, 4.69) is 10.3 Å². The molecular weight excluding hydrogens is 395 g/mol. The van der Waals surface area contributed by atoms with Crippen molar-refractivity contribution in [2.45, 2.75) is 32.9 Å². The number of hydrogen-bond donors (Lipinski definition) is 2. The molecule has 3 aromatic rings. The average molecular weight is 420 g/mol. The highest BCUT2D eigenvalue weighted by molar-refractivity contribution is 5.98. The maximum atomic E-state index is 13.8. The van der Waals surface area contributed by atoms with Crippen molar-refractivity contribution in [1.29, 1.82) is 0 Å². The molecule has 2 N–H and O–H groups in total. The van der Waals surface area contributed by atoms with Crippen LogP contribution in [0, 0.1) is 18.7 Å². The van der Waals surface area contributed by atoms with Crippen molar-refractivity contribution in [3.63, 3.8) is 0 Å². The minimum absolute atomic E-state index is 0.127. The number of aliphatic hydroxyl groups is 1. The summed E-state index contributed by atoms with van der Waals surface area (Å²) in [6.07, 6.45) is 5.58. The molecule has 0 saturated heterocycles. The van der Waals surface area contributed by atoms with Crippen LogP contribution in [-0.2, 0) is 13.2 Å². The molecule has 1 fully saturated rings. The van der Waals surface area contributed by atoms with Gasteiger partial charge in [0.1, 0.15) is 11.6 Å². The Hall–Kier alpha value is -3.25. The maximum Gasteiger partial charge on any atom is 0.255 e. The Labute approximate surface area is 180 Å². The molecule has 1 saturated carbocycles. The first-order valence-electron chi connectivity index (χ1n) is 10.4. The van der Waals surface area contributed by atoms with Crippen molar-refractivity contribution >= 4 is 5.91 Å². The number of amides is 1. The van der Waals surface area contributed by atoms with Gasteiger partial charge < -0.3 is 15.2 Å². The molecule has 0 unspecified atom stereocenters. The maximum absolute atomic E-state index is 13.8. The number of carbonyl (C=O) groups is 1. The second-order valence-corrected chi connectivity index (χ2v) is 7.92. The van der Waals surface area contributed by atoms with E-state index in [0.717, 1.165) is 29.5 Å². The van der Waals surface area contributed by atoms with E-state index in [1.165, 1.54) is 6.07 Å². The molecule has 31 heavy (non-hydrogen) atoms. The van der Waals surface area contributed by atoms with Crippen molar-refractivity contribution in [3.8, 4) is 16.9 Å². The van der Waals surface area contributed by atoms with Gasteiger partial charge in [-0.25, -0.2) is 4.39 Å². The molecule has 6 heteroatoms. The lowest BCUT2D eigenvalue weighted by atomic mass is 9.99. The third kappa shape index (κ3) is 5.09. The zero-order chi connectivity index (χ0) is 21.8. The van der Waals surface area contributed by atoms with E-state index in [-0.39, 0.29) is 24.9 Å². The summed E-state index contributed by atoms with van der Waals surface area (Å²) in [5.74, 6) is 0.460. The van der Waals surface area contributed by atoms with Crippen LogP contribution in [0.5, 0.6) is 5.75 Å². The number of rotatable bonds is 8. The summed E-state index contributed by atoms with van der Waals surface area (Å²) in [5.41, 5.74) is 3.90. The Morgan fingerprint density at radius 1 is 1.23 bits per heavy atom. The SMILES string of the molecule is Cc1ccc(CNC(=O)c2cc(-c3cnccc3CO)ccc2OCC2CC2)cc1F. The number of halogens is 1. The van der Waals surface area contributed by atoms with Crippen molar-refractivity contribution in [2.24, 2.45) is 5.92 Å². The largest absolute Gasteiger partial charge is 0.492 e. The highest BCUT2D eigenvalue weighted by Crippen LogP contribution is 2.32. The number of aryl methyl sites for hydroxylation is 1. The molecular formula is C25H25FN2O3. The second-order valence-electron chi connectivity index (χ2n) is 7.92. The number of carbonyl (C=O) groups excluding carboxylic acids is 1. The van der Waals surface area contributed by atoms with Crippen LogP contribution in [0.2, 0.25) is 0 Å². The molecule has 1 aromatic heterocycles. The lowest BCUT2D eigenvalue weighted by Crippen LogP contribution is -2.24. The number of ether oxygens (including phenoxy) is 1. The number of aliphatic hydroxyl groups excluding tert-OH is 1. The summed E-state index contributed by atoms with van der Waals surface area (Å²) < 4.78 is 19.8. The van der Waals surface area contributed by atoms with Crippen LogP contribution in [0.15, 0.2) is 54.9 Å². The fraction of sp³-hybridized carbons (Fsp3) is 0.280. The van der Waals surface area contributed by atoms with E-state index in [9.17, 15) is 14.3 Å². The molecule has 0 spiro atoms. The van der Waals surface area contributed by atoms with Gasteiger partial charge in [0.15, 0.2) is 0 Å². The van der Waals surface area contributed by atoms with Crippen LogP contribution in [0.3, 0.4) is 0 Å². The predicted octanol–water partition coefficient (Wildman–Crippen LogP) is 4.41. The molecule has 0 radical (unpaired) electrons. The van der Waals surface area contributed by atoms with Gasteiger partial charge >= 0.3 is 0 Å². The number of hydrogen-bond acceptors (Lipinski definition) is 4. The summed E-state index contributed by atoms with van der Waals surface area (Å²) in [6, 6.07) is 12.1. The van der Waals surface area contributed by atoms with Crippen molar-refractivity contribution in [1.82, 2.24) is 10.3 Å². The van der Waals surface area contributed by atoms with Crippen molar-refractivity contribution in [2.75, 3.05) is 6.61 Å². The topological polar surface area (TPSA) is 71.5 Å². The fourth-order valence-corrected chi connectivity index (χ4v) is 3.34. The van der Waals surface area contributed by atoms with Crippen LogP contribution in [-0.4, -0.2) is 22.6 Å². The van der Waals surface area contributed by atoms with E-state index in [0.29, 0.717) is 35.0 Å². The van der Waals surface area contributed by atoms with E-state index in [1.54, 1.807) is 49.6 Å². The first-order valence-corrected chi connectivity index (χ1v) is 10.4. The summed E-state index contributed by atoms with van der Waals surface area (Å²) >= 11 is 0. The minimum Gasteiger partial charge on any atom is -0.492 e. The van der Waals surface area contributed by atoms with Crippen LogP contribution in [0.1, 0.15) is 39.9 Å². The second kappa shape index (κ2) is 9.27. The van der Waals surface area contributed by atoms with E-state index in [4.69, 9.17) is 4.74 Å². The van der Waals surface area contributed by atoms with Gasteiger partial charge in [-0.3, -0.25) is 9.78 Å². The number of aromatic nitrogens is 1. The highest BCUT2D eigenvalue weighted by atomic mass is 19.1. The highest BCUT2D eigenvalue weighted by Gasteiger charge is 2.23. The van der Waals surface area contributed by atoms with Gasteiger partial charge in [0, 0.05) is 24.5 Å². The summed E-state index contributed by atoms with van der Waals surface area (Å²) in [4.78, 5) is 17.2. The van der Waals surface area contributed by atoms with Crippen LogP contribution >= 0.6 is 0 Å². The van der Waals surface area contributed by atoms with Crippen LogP contribution in [0.25, 0.3) is 11.1 Å². The molecule has 4 rings (SSSR count). The molecule has 1 aliphatic carbocycles. The van der Waals surface area contributed by atoms with Gasteiger partial charge in [0.25, 0.3) is 5.91 Å². The molecule has 0 atom stereocenters. The van der Waals surface area contributed by atoms with Gasteiger partial charge in [-0.15, -0.1) is 0 Å². The Bertz CT molecular complexity index is 1100. The average Bonchev–Trinajstić information content (AvgIpc) is 3.62. The zero-order valence-corrected chi connectivity index (χ0v) is 17.4. The zero-order valence-electron chi connectivity index (χ0n) is 17.4. The Morgan fingerprint density at radius 2 is 2.06 bits per heavy atom. The smallest absolute Gasteiger partial charge is 0.255 e. The molecule has 1 aliphatic rings. The molecule has 5 nitrogen and oxygen atoms in total. The summed E-state index contributed by atoms with van der Waals surface area (Å²) in [7, 11) is 0. The van der Waals surface area contributed by atoms with Crippen LogP contribution < -0.4 is 10.1 Å². The monoisotopic (exact) mass is 420 g/mol. The van der Waals surface area contributed by atoms with Crippen molar-refractivity contribution < 1.29 is 19.0 Å². The first kappa shape index (κ1) is 21.0. The van der Waals surface area contributed by atoms with Gasteiger partial charge in [0.05, 0.1) is 18.8 Å². The van der Waals surface area contributed by atoms with E-state index < -0.39 is 0 Å². The fourth-order valence-electron chi connectivity index (χ4n) is 3.34. The molecule has 2 aromatic carbocycles. The normalized spacial score (nSPS) is 13.1. The Balaban J connectivity index is 1.60. The third-order valence-corrected chi connectivity index (χ3v) is 5.48. The van der Waals surface area contributed by atoms with E-state index >= 15 is 0 Å². The summed E-state index contributed by atoms with van der Waals surface area (Å²) in [5, 5.41) is 12.5. The molecule has 0 aliphatic heterocycles. The first-order chi connectivity index (χ1) is 15.0. The number of nitrogens with zero attached hydrogens (tertiary/aromatic N) is 1. The lowest BCUT2D eigenvalue weighted by molar-refractivity contribution is 0.0946. The molecule has 1 heterocycles. The lowest BCUT2D eigenvalue weighted by Gasteiger charge is -2.15. The minimum atomic E-state index is -0.303. The summed E-state index contributed by atoms with van der Waals surface area (Å²) in [6.45, 7) is 2.36. The van der Waals surface area contributed by atoms with Gasteiger partial charge in [0.2, 0.25) is 0 Å². The molecule has 0 bridgehead atoms. The Morgan fingerprint density at radius 3 is 2.81 bits per heavy atom. The van der Waals surface area contributed by atoms with Gasteiger partial charge in [-0.05, 0) is 72.2 Å². The Kier molecular flexibility index (Phi) is 6.28. The van der Waals surface area contributed by atoms with Gasteiger partial charge in [-0.1, -0.05) is 18.2 Å². The number of benzene rings is 2. The van der Waals surface area contributed by atoms with Crippen LogP contribution in [0.4, 0.5) is 4.39 Å². The standard InChI is InChI=1S/C25H25FN2O3/c1-16-2-3-18(10-23(16)26)12-28-25(30)21-11-19(22-13-27-9-8-20(22)14-29)6-7-24(21)31-15-17-4-5-17/h2-3,6-11,13,17,29H,4-5,12,14-15H2,1H3,(H,28,30). The predicted molar refractivity (Wildman–Crippen MR) is 116 cm³/mol. The van der Waals surface area contributed by atoms with Crippen molar-refractivity contribution in [3.05, 3.63) is 82.9 Å². The van der Waals surface area contributed by atoms with Gasteiger partial charge in [-0.2, -0.15) is 0 Å². The van der Waals surface area contributed by atoms with E-state index in [1.807, 2.05) is 6.07 Å².